The van der Waals surface area contributed by atoms with Gasteiger partial charge in [-0.25, -0.2) is 9.18 Å². The molecule has 0 bridgehead atoms. The van der Waals surface area contributed by atoms with Gasteiger partial charge in [0.15, 0.2) is 11.6 Å². The van der Waals surface area contributed by atoms with Crippen molar-refractivity contribution >= 4 is 29.3 Å². The summed E-state index contributed by atoms with van der Waals surface area (Å²) < 4.78 is 34.1. The smallest absolute Gasteiger partial charge is 0.409 e. The van der Waals surface area contributed by atoms with Gasteiger partial charge in [0, 0.05) is 11.6 Å². The Morgan fingerprint density at radius 1 is 1.30 bits per heavy atom. The number of nitrogens with zero attached hydrogens (tertiary/aromatic N) is 2. The number of benzene rings is 1. The molecule has 11 heteroatoms. The quantitative estimate of drug-likeness (QED) is 0.708. The fraction of sp³-hybridized carbons (Fsp3) is 0.312. The lowest BCUT2D eigenvalue weighted by atomic mass is 10.1. The Bertz CT molecular complexity index is 880. The summed E-state index contributed by atoms with van der Waals surface area (Å²) in [6.45, 7) is 5.13. The zero-order chi connectivity index (χ0) is 20.4. The van der Waals surface area contributed by atoms with Crippen LogP contribution in [0.1, 0.15) is 20.8 Å². The molecule has 8 nitrogen and oxygen atoms in total. The van der Waals surface area contributed by atoms with Crippen molar-refractivity contribution in [1.82, 2.24) is 15.1 Å². The first kappa shape index (κ1) is 20.4. The van der Waals surface area contributed by atoms with Crippen LogP contribution >= 0.6 is 11.6 Å². The number of ether oxygens (including phenoxy) is 1. The van der Waals surface area contributed by atoms with Crippen LogP contribution in [0.3, 0.4) is 0 Å². The van der Waals surface area contributed by atoms with E-state index >= 15 is 0 Å². The number of nitrogens with one attached hydrogen (secondary N) is 2. The van der Waals surface area contributed by atoms with Gasteiger partial charge in [-0.1, -0.05) is 11.6 Å². The van der Waals surface area contributed by atoms with E-state index in [1.807, 2.05) is 5.32 Å². The van der Waals surface area contributed by atoms with Crippen LogP contribution < -0.4 is 15.4 Å². The molecule has 0 saturated heterocycles. The van der Waals surface area contributed by atoms with Crippen molar-refractivity contribution in [3.63, 3.8) is 0 Å². The summed E-state index contributed by atoms with van der Waals surface area (Å²) in [4.78, 5) is 22.5. The van der Waals surface area contributed by atoms with Crippen molar-refractivity contribution in [1.29, 1.82) is 0 Å². The van der Waals surface area contributed by atoms with Crippen molar-refractivity contribution in [2.24, 2.45) is 0 Å². The normalized spacial score (nSPS) is 11.2. The van der Waals surface area contributed by atoms with Crippen LogP contribution in [0.25, 0.3) is 0 Å². The molecule has 0 aliphatic heterocycles. The number of hydrogen-bond donors (Lipinski definition) is 3. The number of anilines is 1. The lowest BCUT2D eigenvalue weighted by Crippen LogP contribution is -2.42. The first-order chi connectivity index (χ1) is 12.4. The molecule has 27 heavy (non-hydrogen) atoms. The number of carboxylic acid groups (broad SMARTS) is 1. The molecular weight excluding hydrogens is 386 g/mol. The first-order valence-electron chi connectivity index (χ1n) is 7.65. The Hall–Kier alpha value is -2.88. The van der Waals surface area contributed by atoms with Gasteiger partial charge >= 0.3 is 6.09 Å². The lowest BCUT2D eigenvalue weighted by molar-refractivity contribution is -0.123. The highest BCUT2D eigenvalue weighted by Gasteiger charge is 2.19. The fourth-order valence-corrected chi connectivity index (χ4v) is 2.26. The third kappa shape index (κ3) is 5.81. The van der Waals surface area contributed by atoms with Gasteiger partial charge in [0.25, 0.3) is 5.88 Å². The van der Waals surface area contributed by atoms with Crippen molar-refractivity contribution in [2.75, 3.05) is 5.32 Å². The largest absolute Gasteiger partial charge is 0.465 e. The molecule has 0 saturated carbocycles. The minimum Gasteiger partial charge on any atom is -0.465 e. The summed E-state index contributed by atoms with van der Waals surface area (Å²) in [5, 5.41) is 16.8. The van der Waals surface area contributed by atoms with E-state index < -0.39 is 29.1 Å². The van der Waals surface area contributed by atoms with Crippen molar-refractivity contribution in [2.45, 2.75) is 32.9 Å². The second-order valence-electron chi connectivity index (χ2n) is 6.57. The van der Waals surface area contributed by atoms with Crippen LogP contribution in [-0.2, 0) is 11.3 Å². The molecule has 0 unspecified atom stereocenters. The third-order valence-corrected chi connectivity index (χ3v) is 3.27. The second kappa shape index (κ2) is 7.78. The van der Waals surface area contributed by atoms with Crippen molar-refractivity contribution in [3.8, 4) is 11.6 Å². The van der Waals surface area contributed by atoms with Crippen LogP contribution in [0.15, 0.2) is 18.3 Å². The summed E-state index contributed by atoms with van der Waals surface area (Å²) in [6, 6.07) is 1.77. The predicted molar refractivity (Wildman–Crippen MR) is 93.2 cm³/mol. The minimum absolute atomic E-state index is 0.167. The molecule has 2 amide bonds. The maximum absolute atomic E-state index is 14.0. The molecule has 2 rings (SSSR count). The number of rotatable bonds is 5. The van der Waals surface area contributed by atoms with E-state index in [1.54, 1.807) is 20.8 Å². The van der Waals surface area contributed by atoms with Crippen LogP contribution in [0.5, 0.6) is 11.6 Å². The summed E-state index contributed by atoms with van der Waals surface area (Å²) in [5.41, 5.74) is -0.844. The second-order valence-corrected chi connectivity index (χ2v) is 6.98. The first-order valence-corrected chi connectivity index (χ1v) is 8.03. The molecule has 0 radical (unpaired) electrons. The monoisotopic (exact) mass is 402 g/mol. The van der Waals surface area contributed by atoms with Crippen molar-refractivity contribution < 1.29 is 28.2 Å². The molecule has 0 spiro atoms. The fourth-order valence-electron chi connectivity index (χ4n) is 2.06. The number of carbonyl (C=O) groups is 2. The Morgan fingerprint density at radius 3 is 2.56 bits per heavy atom. The van der Waals surface area contributed by atoms with E-state index in [0.29, 0.717) is 0 Å². The molecule has 1 aromatic carbocycles. The molecular formula is C16H17ClF2N4O4. The van der Waals surface area contributed by atoms with Gasteiger partial charge in [0.05, 0.1) is 16.9 Å². The molecule has 2 aromatic rings. The van der Waals surface area contributed by atoms with E-state index in [1.165, 1.54) is 0 Å². The summed E-state index contributed by atoms with van der Waals surface area (Å²) in [6.07, 6.45) is -0.528. The van der Waals surface area contributed by atoms with Gasteiger partial charge < -0.3 is 15.2 Å². The van der Waals surface area contributed by atoms with Crippen LogP contribution in [-0.4, -0.2) is 32.4 Å². The van der Waals surface area contributed by atoms with Crippen LogP contribution in [0.2, 0.25) is 5.02 Å². The van der Waals surface area contributed by atoms with Gasteiger partial charge in [0.1, 0.15) is 6.54 Å². The molecule has 0 atom stereocenters. The Balaban J connectivity index is 2.16. The Kier molecular flexibility index (Phi) is 5.89. The van der Waals surface area contributed by atoms with E-state index in [4.69, 9.17) is 21.4 Å². The highest BCUT2D eigenvalue weighted by Crippen LogP contribution is 2.34. The SMILES string of the molecule is CC(C)(C)NC(=O)Cn1cc(F)c(Oc2cc(F)c(NC(=O)O)cc2Cl)n1. The van der Waals surface area contributed by atoms with E-state index in [2.05, 4.69) is 10.4 Å². The maximum atomic E-state index is 14.0. The molecule has 0 aliphatic rings. The number of aromatic nitrogens is 2. The summed E-state index contributed by atoms with van der Waals surface area (Å²) in [5.74, 6) is -3.03. The van der Waals surface area contributed by atoms with Crippen LogP contribution in [0, 0.1) is 11.6 Å². The van der Waals surface area contributed by atoms with Crippen molar-refractivity contribution in [3.05, 3.63) is 35.0 Å². The Labute approximate surface area is 158 Å². The average Bonchev–Trinajstić information content (AvgIpc) is 2.81. The summed E-state index contributed by atoms with van der Waals surface area (Å²) in [7, 11) is 0. The average molecular weight is 403 g/mol. The molecule has 0 fully saturated rings. The van der Waals surface area contributed by atoms with Gasteiger partial charge in [0.2, 0.25) is 11.7 Å². The van der Waals surface area contributed by atoms with Crippen LogP contribution in [0.4, 0.5) is 19.3 Å². The zero-order valence-electron chi connectivity index (χ0n) is 14.6. The standard InChI is InChI=1S/C16H17ClF2N4O4/c1-16(2,3)21-13(24)7-23-6-10(19)14(22-23)27-12-5-9(18)11(4-8(12)17)20-15(25)26/h4-6,20H,7H2,1-3H3,(H,21,24)(H,25,26). The number of halogens is 3. The topological polar surface area (TPSA) is 105 Å². The lowest BCUT2D eigenvalue weighted by Gasteiger charge is -2.20. The summed E-state index contributed by atoms with van der Waals surface area (Å²) >= 11 is 5.91. The molecule has 3 N–H and O–H groups in total. The van der Waals surface area contributed by atoms with E-state index in [-0.39, 0.29) is 28.9 Å². The molecule has 0 aliphatic carbocycles. The number of amides is 2. The molecule has 1 aromatic heterocycles. The number of carbonyl (C=O) groups excluding carboxylic acids is 1. The molecule has 146 valence electrons. The third-order valence-electron chi connectivity index (χ3n) is 2.98. The maximum Gasteiger partial charge on any atom is 0.409 e. The van der Waals surface area contributed by atoms with Gasteiger partial charge in [-0.3, -0.25) is 14.8 Å². The van der Waals surface area contributed by atoms with E-state index in [0.717, 1.165) is 23.0 Å². The van der Waals surface area contributed by atoms with E-state index in [9.17, 15) is 18.4 Å². The zero-order valence-corrected chi connectivity index (χ0v) is 15.4. The minimum atomic E-state index is -1.48. The van der Waals surface area contributed by atoms with Gasteiger partial charge in [-0.2, -0.15) is 4.39 Å². The van der Waals surface area contributed by atoms with Gasteiger partial charge in [-0.15, -0.1) is 5.10 Å². The molecule has 1 heterocycles. The highest BCUT2D eigenvalue weighted by atomic mass is 35.5. The highest BCUT2D eigenvalue weighted by molar-refractivity contribution is 6.32. The number of hydrogen-bond acceptors (Lipinski definition) is 4. The predicted octanol–water partition coefficient (Wildman–Crippen LogP) is 3.61. The van der Waals surface area contributed by atoms with Gasteiger partial charge in [-0.05, 0) is 26.8 Å². The Morgan fingerprint density at radius 2 is 1.96 bits per heavy atom.